The predicted molar refractivity (Wildman–Crippen MR) is 119 cm³/mol. The van der Waals surface area contributed by atoms with Crippen LogP contribution in [0.5, 0.6) is 0 Å². The van der Waals surface area contributed by atoms with Crippen LogP contribution in [-0.2, 0) is 0 Å². The van der Waals surface area contributed by atoms with Crippen LogP contribution < -0.4 is 9.80 Å². The second-order valence-corrected chi connectivity index (χ2v) is 8.95. The summed E-state index contributed by atoms with van der Waals surface area (Å²) in [6.45, 7) is 3.33. The van der Waals surface area contributed by atoms with Crippen molar-refractivity contribution in [3.8, 4) is 9.88 Å². The van der Waals surface area contributed by atoms with E-state index in [1.807, 2.05) is 55.7 Å². The summed E-state index contributed by atoms with van der Waals surface area (Å²) in [4.78, 5) is 33.5. The highest BCUT2D eigenvalue weighted by Gasteiger charge is 2.30. The molecule has 0 spiro atoms. The Morgan fingerprint density at radius 1 is 1.00 bits per heavy atom. The van der Waals surface area contributed by atoms with Crippen molar-refractivity contribution >= 4 is 51.2 Å². The molecule has 4 heterocycles. The van der Waals surface area contributed by atoms with Gasteiger partial charge in [-0.15, -0.1) is 22.7 Å². The van der Waals surface area contributed by atoms with Gasteiger partial charge in [0.05, 0.1) is 21.6 Å². The molecule has 6 nitrogen and oxygen atoms in total. The van der Waals surface area contributed by atoms with Crippen LogP contribution in [0.3, 0.4) is 0 Å². The van der Waals surface area contributed by atoms with E-state index in [0.29, 0.717) is 17.2 Å². The number of thiazole rings is 1. The first-order chi connectivity index (χ1) is 14.1. The van der Waals surface area contributed by atoms with E-state index < -0.39 is 0 Å². The van der Waals surface area contributed by atoms with Crippen LogP contribution in [0.15, 0.2) is 41.8 Å². The summed E-state index contributed by atoms with van der Waals surface area (Å²) in [6.07, 6.45) is 0.853. The summed E-state index contributed by atoms with van der Waals surface area (Å²) in [5.41, 5.74) is 2.39. The minimum atomic E-state index is -0.0519. The summed E-state index contributed by atoms with van der Waals surface area (Å²) in [5, 5.41) is 2.91. The van der Waals surface area contributed by atoms with E-state index in [0.717, 1.165) is 45.4 Å². The molecule has 29 heavy (non-hydrogen) atoms. The number of para-hydroxylation sites is 2. The number of hydrogen-bond acceptors (Lipinski definition) is 7. The second-order valence-electron chi connectivity index (χ2n) is 7.00. The van der Waals surface area contributed by atoms with Crippen LogP contribution in [0.1, 0.15) is 21.8 Å². The van der Waals surface area contributed by atoms with Gasteiger partial charge in [0, 0.05) is 20.1 Å². The molecule has 146 valence electrons. The van der Waals surface area contributed by atoms with E-state index in [2.05, 4.69) is 9.88 Å². The van der Waals surface area contributed by atoms with E-state index in [1.165, 1.54) is 11.3 Å². The zero-order valence-electron chi connectivity index (χ0n) is 16.1. The Labute approximate surface area is 176 Å². The number of aromatic nitrogens is 3. The molecule has 0 radical (unpaired) electrons. The van der Waals surface area contributed by atoms with Gasteiger partial charge in [0.15, 0.2) is 11.6 Å². The first kappa shape index (κ1) is 18.2. The predicted octanol–water partition coefficient (Wildman–Crippen LogP) is 4.61. The molecule has 0 fully saturated rings. The topological polar surface area (TPSA) is 62.2 Å². The van der Waals surface area contributed by atoms with Crippen molar-refractivity contribution < 1.29 is 4.79 Å². The SMILES string of the molecule is Cc1nc(-c2cccs2)sc1C(=O)N1CCCN(C)c2nc3ccccc3nc21. The van der Waals surface area contributed by atoms with Crippen molar-refractivity contribution in [3.05, 3.63) is 52.3 Å². The Morgan fingerprint density at radius 2 is 1.76 bits per heavy atom. The van der Waals surface area contributed by atoms with Crippen molar-refractivity contribution in [2.75, 3.05) is 29.9 Å². The van der Waals surface area contributed by atoms with Crippen LogP contribution in [-0.4, -0.2) is 41.0 Å². The maximum absolute atomic E-state index is 13.6. The number of benzene rings is 1. The van der Waals surface area contributed by atoms with Crippen molar-refractivity contribution in [3.63, 3.8) is 0 Å². The second kappa shape index (κ2) is 7.20. The average Bonchev–Trinajstić information content (AvgIpc) is 3.36. The Kier molecular flexibility index (Phi) is 4.52. The normalized spacial score (nSPS) is 14.1. The van der Waals surface area contributed by atoms with Gasteiger partial charge >= 0.3 is 0 Å². The number of aryl methyl sites for hydroxylation is 1. The summed E-state index contributed by atoms with van der Waals surface area (Å²) >= 11 is 3.08. The maximum atomic E-state index is 13.6. The zero-order valence-corrected chi connectivity index (χ0v) is 17.8. The van der Waals surface area contributed by atoms with Crippen molar-refractivity contribution in [1.29, 1.82) is 0 Å². The van der Waals surface area contributed by atoms with Crippen LogP contribution in [0.4, 0.5) is 11.6 Å². The van der Waals surface area contributed by atoms with Gasteiger partial charge in [-0.25, -0.2) is 15.0 Å². The van der Waals surface area contributed by atoms with Gasteiger partial charge < -0.3 is 4.90 Å². The lowest BCUT2D eigenvalue weighted by Gasteiger charge is -2.22. The van der Waals surface area contributed by atoms with Gasteiger partial charge in [0.1, 0.15) is 9.88 Å². The molecule has 0 saturated carbocycles. The molecule has 1 aliphatic rings. The molecule has 4 aromatic rings. The molecule has 3 aromatic heterocycles. The fourth-order valence-corrected chi connectivity index (χ4v) is 5.33. The van der Waals surface area contributed by atoms with E-state index in [1.54, 1.807) is 16.2 Å². The molecule has 0 N–H and O–H groups in total. The minimum absolute atomic E-state index is 0.0519. The first-order valence-electron chi connectivity index (χ1n) is 9.43. The monoisotopic (exact) mass is 421 g/mol. The van der Waals surface area contributed by atoms with Crippen molar-refractivity contribution in [1.82, 2.24) is 15.0 Å². The highest BCUT2D eigenvalue weighted by Crippen LogP contribution is 2.35. The number of hydrogen-bond donors (Lipinski definition) is 0. The maximum Gasteiger partial charge on any atom is 0.271 e. The van der Waals surface area contributed by atoms with Crippen LogP contribution in [0.25, 0.3) is 20.9 Å². The summed E-state index contributed by atoms with van der Waals surface area (Å²) in [7, 11) is 2.00. The highest BCUT2D eigenvalue weighted by atomic mass is 32.1. The van der Waals surface area contributed by atoms with Gasteiger partial charge in [-0.2, -0.15) is 0 Å². The van der Waals surface area contributed by atoms with Crippen LogP contribution >= 0.6 is 22.7 Å². The average molecular weight is 422 g/mol. The molecular weight excluding hydrogens is 402 g/mol. The third-order valence-electron chi connectivity index (χ3n) is 4.99. The first-order valence-corrected chi connectivity index (χ1v) is 11.1. The van der Waals surface area contributed by atoms with E-state index in [-0.39, 0.29) is 5.91 Å². The van der Waals surface area contributed by atoms with E-state index in [9.17, 15) is 4.79 Å². The van der Waals surface area contributed by atoms with Crippen molar-refractivity contribution in [2.24, 2.45) is 0 Å². The number of nitrogens with zero attached hydrogens (tertiary/aromatic N) is 5. The Balaban J connectivity index is 1.60. The molecule has 0 atom stereocenters. The van der Waals surface area contributed by atoms with E-state index >= 15 is 0 Å². The molecule has 0 unspecified atom stereocenters. The van der Waals surface area contributed by atoms with Crippen LogP contribution in [0.2, 0.25) is 0 Å². The summed E-state index contributed by atoms with van der Waals surface area (Å²) in [5.74, 6) is 1.32. The minimum Gasteiger partial charge on any atom is -0.357 e. The molecule has 1 amide bonds. The quantitative estimate of drug-likeness (QED) is 0.473. The van der Waals surface area contributed by atoms with Gasteiger partial charge in [-0.3, -0.25) is 9.69 Å². The summed E-state index contributed by atoms with van der Waals surface area (Å²) in [6, 6.07) is 11.8. The molecule has 5 rings (SSSR count). The fraction of sp³-hybridized carbons (Fsp3) is 0.238. The number of thiophene rings is 1. The lowest BCUT2D eigenvalue weighted by atomic mass is 10.3. The third-order valence-corrected chi connectivity index (χ3v) is 7.18. The Bertz CT molecular complexity index is 1200. The lowest BCUT2D eigenvalue weighted by molar-refractivity contribution is 0.0989. The number of carbonyl (C=O) groups excluding carboxylic acids is 1. The van der Waals surface area contributed by atoms with Gasteiger partial charge in [-0.1, -0.05) is 18.2 Å². The summed E-state index contributed by atoms with van der Waals surface area (Å²) < 4.78 is 0. The fourth-order valence-electron chi connectivity index (χ4n) is 3.52. The van der Waals surface area contributed by atoms with Gasteiger partial charge in [0.25, 0.3) is 5.91 Å². The smallest absolute Gasteiger partial charge is 0.271 e. The lowest BCUT2D eigenvalue weighted by Crippen LogP contribution is -2.32. The number of anilines is 2. The van der Waals surface area contributed by atoms with Gasteiger partial charge in [0.2, 0.25) is 0 Å². The van der Waals surface area contributed by atoms with Crippen molar-refractivity contribution in [2.45, 2.75) is 13.3 Å². The molecular formula is C21H19N5OS2. The van der Waals surface area contributed by atoms with E-state index in [4.69, 9.17) is 9.97 Å². The number of amides is 1. The highest BCUT2D eigenvalue weighted by molar-refractivity contribution is 7.22. The Morgan fingerprint density at radius 3 is 2.48 bits per heavy atom. The zero-order chi connectivity index (χ0) is 20.0. The number of carbonyl (C=O) groups is 1. The molecule has 8 heteroatoms. The van der Waals surface area contributed by atoms with Gasteiger partial charge in [-0.05, 0) is 36.9 Å². The van der Waals surface area contributed by atoms with Crippen LogP contribution in [0, 0.1) is 6.92 Å². The standard InChI is InChI=1S/C21H19N5OS2/c1-13-17(29-20(22-13)16-9-5-12-28-16)21(27)26-11-6-10-25(2)18-19(26)24-15-8-4-3-7-14(15)23-18/h3-5,7-9,12H,6,10-11H2,1-2H3. The number of fused-ring (bicyclic) bond motifs is 2. The Hall–Kier alpha value is -2.84. The third kappa shape index (κ3) is 3.18. The molecule has 0 saturated heterocycles. The number of rotatable bonds is 2. The molecule has 0 aliphatic carbocycles. The molecule has 1 aromatic carbocycles. The molecule has 0 bridgehead atoms. The largest absolute Gasteiger partial charge is 0.357 e. The molecule has 1 aliphatic heterocycles.